The second-order valence-corrected chi connectivity index (χ2v) is 5.21. The summed E-state index contributed by atoms with van der Waals surface area (Å²) in [5.41, 5.74) is 0. The van der Waals surface area contributed by atoms with Gasteiger partial charge < -0.3 is 14.9 Å². The van der Waals surface area contributed by atoms with Gasteiger partial charge in [-0.3, -0.25) is 0 Å². The number of hydrogen-bond donors (Lipinski definition) is 1. The third-order valence-corrected chi connectivity index (χ3v) is 3.85. The summed E-state index contributed by atoms with van der Waals surface area (Å²) in [6.45, 7) is 5.46. The van der Waals surface area contributed by atoms with Gasteiger partial charge in [0.1, 0.15) is 0 Å². The number of rotatable bonds is 0. The summed E-state index contributed by atoms with van der Waals surface area (Å²) < 4.78 is 0. The number of carbonyl (C=O) groups is 1. The number of nitrogens with zero attached hydrogens (tertiary/aromatic N) is 2. The maximum Gasteiger partial charge on any atom is 0.320 e. The highest BCUT2D eigenvalue weighted by Gasteiger charge is 2.34. The van der Waals surface area contributed by atoms with Crippen molar-refractivity contribution in [1.82, 2.24) is 9.80 Å². The van der Waals surface area contributed by atoms with Crippen molar-refractivity contribution in [1.29, 1.82) is 0 Å². The van der Waals surface area contributed by atoms with Crippen LogP contribution in [0.5, 0.6) is 0 Å². The first-order valence-corrected chi connectivity index (χ1v) is 6.35. The third-order valence-electron chi connectivity index (χ3n) is 3.85. The molecule has 92 valence electrons. The minimum Gasteiger partial charge on any atom is -0.391 e. The van der Waals surface area contributed by atoms with Crippen LogP contribution < -0.4 is 0 Å². The lowest BCUT2D eigenvalue weighted by Gasteiger charge is -2.41. The third kappa shape index (κ3) is 2.17. The van der Waals surface area contributed by atoms with Gasteiger partial charge in [0.2, 0.25) is 0 Å². The zero-order valence-corrected chi connectivity index (χ0v) is 10.2. The Hall–Kier alpha value is -0.770. The zero-order valence-electron chi connectivity index (χ0n) is 10.2. The molecule has 0 spiro atoms. The Kier molecular flexibility index (Phi) is 3.38. The fraction of sp³-hybridized carbons (Fsp3) is 0.917. The predicted molar refractivity (Wildman–Crippen MR) is 62.2 cm³/mol. The molecule has 1 N–H and O–H groups in total. The van der Waals surface area contributed by atoms with Crippen LogP contribution in [-0.4, -0.2) is 52.2 Å². The van der Waals surface area contributed by atoms with Crippen LogP contribution in [0.2, 0.25) is 0 Å². The number of aliphatic hydroxyl groups excluding tert-OH is 1. The fourth-order valence-electron chi connectivity index (χ4n) is 2.88. The van der Waals surface area contributed by atoms with Crippen LogP contribution in [0.25, 0.3) is 0 Å². The van der Waals surface area contributed by atoms with Gasteiger partial charge in [-0.25, -0.2) is 4.79 Å². The minimum absolute atomic E-state index is 0.122. The lowest BCUT2D eigenvalue weighted by molar-refractivity contribution is 0.0930. The van der Waals surface area contributed by atoms with Gasteiger partial charge in [-0.15, -0.1) is 0 Å². The first kappa shape index (κ1) is 11.7. The van der Waals surface area contributed by atoms with E-state index in [4.69, 9.17) is 0 Å². The zero-order chi connectivity index (χ0) is 11.7. The monoisotopic (exact) mass is 226 g/mol. The molecule has 2 rings (SSSR count). The van der Waals surface area contributed by atoms with Crippen molar-refractivity contribution >= 4 is 6.03 Å². The molecular weight excluding hydrogens is 204 g/mol. The average Bonchev–Trinajstić information content (AvgIpc) is 2.64. The number of likely N-dealkylation sites (tertiary alicyclic amines) is 2. The number of hydrogen-bond acceptors (Lipinski definition) is 2. The van der Waals surface area contributed by atoms with Crippen molar-refractivity contribution in [3.05, 3.63) is 0 Å². The van der Waals surface area contributed by atoms with E-state index >= 15 is 0 Å². The molecular formula is C12H22N2O2. The SMILES string of the molecule is CC1CCCC(C)N1C(=O)N1CC[C@H](O)C1. The Labute approximate surface area is 97.2 Å². The van der Waals surface area contributed by atoms with Crippen molar-refractivity contribution in [2.75, 3.05) is 13.1 Å². The molecule has 3 atom stereocenters. The molecule has 0 radical (unpaired) electrons. The molecule has 2 saturated heterocycles. The summed E-state index contributed by atoms with van der Waals surface area (Å²) in [6.07, 6.45) is 3.83. The largest absolute Gasteiger partial charge is 0.391 e. The highest BCUT2D eigenvalue weighted by Crippen LogP contribution is 2.25. The van der Waals surface area contributed by atoms with E-state index in [1.165, 1.54) is 6.42 Å². The van der Waals surface area contributed by atoms with Gasteiger partial charge in [-0.05, 0) is 39.5 Å². The molecule has 2 amide bonds. The van der Waals surface area contributed by atoms with Crippen LogP contribution in [0.15, 0.2) is 0 Å². The van der Waals surface area contributed by atoms with Gasteiger partial charge in [-0.1, -0.05) is 0 Å². The second-order valence-electron chi connectivity index (χ2n) is 5.21. The summed E-state index contributed by atoms with van der Waals surface area (Å²) in [6, 6.07) is 0.805. The molecule has 0 aromatic carbocycles. The molecule has 0 bridgehead atoms. The topological polar surface area (TPSA) is 43.8 Å². The number of urea groups is 1. The maximum atomic E-state index is 12.3. The van der Waals surface area contributed by atoms with Gasteiger partial charge in [0.25, 0.3) is 0 Å². The molecule has 2 fully saturated rings. The lowest BCUT2D eigenvalue weighted by atomic mass is 9.98. The molecule has 0 aromatic heterocycles. The Morgan fingerprint density at radius 3 is 2.31 bits per heavy atom. The van der Waals surface area contributed by atoms with Crippen molar-refractivity contribution in [3.8, 4) is 0 Å². The molecule has 0 saturated carbocycles. The number of piperidine rings is 1. The normalized spacial score (nSPS) is 35.6. The van der Waals surface area contributed by atoms with Crippen molar-refractivity contribution in [2.24, 2.45) is 0 Å². The summed E-state index contributed by atoms with van der Waals surface area (Å²) in [5.74, 6) is 0. The molecule has 0 aromatic rings. The summed E-state index contributed by atoms with van der Waals surface area (Å²) in [4.78, 5) is 16.1. The van der Waals surface area contributed by atoms with E-state index in [1.807, 2.05) is 4.90 Å². The van der Waals surface area contributed by atoms with Crippen LogP contribution in [-0.2, 0) is 0 Å². The maximum absolute atomic E-state index is 12.3. The first-order chi connectivity index (χ1) is 7.59. The predicted octanol–water partition coefficient (Wildman–Crippen LogP) is 1.44. The van der Waals surface area contributed by atoms with E-state index in [0.717, 1.165) is 19.3 Å². The first-order valence-electron chi connectivity index (χ1n) is 6.35. The van der Waals surface area contributed by atoms with E-state index in [0.29, 0.717) is 25.2 Å². The minimum atomic E-state index is -0.320. The Morgan fingerprint density at radius 2 is 1.81 bits per heavy atom. The van der Waals surface area contributed by atoms with E-state index < -0.39 is 0 Å². The van der Waals surface area contributed by atoms with Gasteiger partial charge in [0.15, 0.2) is 0 Å². The lowest BCUT2D eigenvalue weighted by Crippen LogP contribution is -2.52. The standard InChI is InChI=1S/C12H22N2O2/c1-9-4-3-5-10(2)14(9)12(16)13-7-6-11(15)8-13/h9-11,15H,3-8H2,1-2H3/t9?,10?,11-/m0/s1. The second kappa shape index (κ2) is 4.62. The highest BCUT2D eigenvalue weighted by molar-refractivity contribution is 5.75. The van der Waals surface area contributed by atoms with Crippen LogP contribution in [0, 0.1) is 0 Å². The number of β-amino-alcohol motifs (C(OH)–C–C–N with tert-alkyl or cyclic N) is 1. The molecule has 2 aliphatic rings. The van der Waals surface area contributed by atoms with E-state index in [2.05, 4.69) is 13.8 Å². The van der Waals surface area contributed by atoms with Crippen molar-refractivity contribution < 1.29 is 9.90 Å². The van der Waals surface area contributed by atoms with Crippen LogP contribution >= 0.6 is 0 Å². The Balaban J connectivity index is 2.02. The molecule has 2 unspecified atom stereocenters. The molecule has 16 heavy (non-hydrogen) atoms. The Morgan fingerprint density at radius 1 is 1.19 bits per heavy atom. The smallest absolute Gasteiger partial charge is 0.320 e. The number of aliphatic hydroxyl groups is 1. The average molecular weight is 226 g/mol. The number of amides is 2. The molecule has 4 heteroatoms. The van der Waals surface area contributed by atoms with E-state index in [9.17, 15) is 9.90 Å². The van der Waals surface area contributed by atoms with Crippen LogP contribution in [0.4, 0.5) is 4.79 Å². The van der Waals surface area contributed by atoms with Gasteiger partial charge in [-0.2, -0.15) is 0 Å². The van der Waals surface area contributed by atoms with Gasteiger partial charge in [0, 0.05) is 25.2 Å². The van der Waals surface area contributed by atoms with Gasteiger partial charge in [0.05, 0.1) is 6.10 Å². The number of carbonyl (C=O) groups excluding carboxylic acids is 1. The summed E-state index contributed by atoms with van der Waals surface area (Å²) in [7, 11) is 0. The van der Waals surface area contributed by atoms with E-state index in [-0.39, 0.29) is 12.1 Å². The van der Waals surface area contributed by atoms with Gasteiger partial charge >= 0.3 is 6.03 Å². The Bertz CT molecular complexity index is 260. The molecule has 0 aliphatic carbocycles. The summed E-state index contributed by atoms with van der Waals surface area (Å²) >= 11 is 0. The van der Waals surface area contributed by atoms with Crippen LogP contribution in [0.1, 0.15) is 39.5 Å². The fourth-order valence-corrected chi connectivity index (χ4v) is 2.88. The summed E-state index contributed by atoms with van der Waals surface area (Å²) in [5, 5.41) is 9.47. The quantitative estimate of drug-likeness (QED) is 0.679. The van der Waals surface area contributed by atoms with Crippen LogP contribution in [0.3, 0.4) is 0 Å². The highest BCUT2D eigenvalue weighted by atomic mass is 16.3. The molecule has 4 nitrogen and oxygen atoms in total. The van der Waals surface area contributed by atoms with Crippen molar-refractivity contribution in [3.63, 3.8) is 0 Å². The van der Waals surface area contributed by atoms with E-state index in [1.54, 1.807) is 4.90 Å². The van der Waals surface area contributed by atoms with Crippen molar-refractivity contribution in [2.45, 2.75) is 57.7 Å². The molecule has 2 heterocycles. The molecule has 2 aliphatic heterocycles.